The Morgan fingerprint density at radius 2 is 2.00 bits per heavy atom. The molecule has 1 aromatic rings. The summed E-state index contributed by atoms with van der Waals surface area (Å²) in [5.74, 6) is 1.51. The summed E-state index contributed by atoms with van der Waals surface area (Å²) < 4.78 is 0. The molecule has 3 heteroatoms. The van der Waals surface area contributed by atoms with Crippen LogP contribution in [0.5, 0.6) is 0 Å². The van der Waals surface area contributed by atoms with E-state index >= 15 is 0 Å². The van der Waals surface area contributed by atoms with E-state index in [2.05, 4.69) is 11.2 Å². The van der Waals surface area contributed by atoms with Crippen molar-refractivity contribution < 1.29 is 9.90 Å². The Hall–Kier alpha value is -1.79. The van der Waals surface area contributed by atoms with E-state index in [0.29, 0.717) is 6.54 Å². The number of nitrogens with one attached hydrogen (secondary N) is 1. The molecule has 0 radical (unpaired) electrons. The molecule has 0 fully saturated rings. The standard InChI is InChI=1S/C15H19NO2/c1-4-14(11(2)3)16-10-13(15(17)18)12-8-6-5-7-9-12/h1,5-9,11,13-14,16H,10H2,2-3H3,(H,17,18). The lowest BCUT2D eigenvalue weighted by atomic mass is 9.98. The quantitative estimate of drug-likeness (QED) is 0.755. The molecule has 0 aromatic heterocycles. The Balaban J connectivity index is 2.72. The highest BCUT2D eigenvalue weighted by atomic mass is 16.4. The average molecular weight is 245 g/mol. The van der Waals surface area contributed by atoms with Gasteiger partial charge in [-0.05, 0) is 11.5 Å². The molecule has 2 N–H and O–H groups in total. The van der Waals surface area contributed by atoms with Gasteiger partial charge in [0.2, 0.25) is 0 Å². The van der Waals surface area contributed by atoms with Crippen molar-refractivity contribution in [2.75, 3.05) is 6.54 Å². The second kappa shape index (κ2) is 6.83. The first kappa shape index (κ1) is 14.3. The van der Waals surface area contributed by atoms with Crippen molar-refractivity contribution in [2.24, 2.45) is 5.92 Å². The first-order valence-corrected chi connectivity index (χ1v) is 6.03. The van der Waals surface area contributed by atoms with Gasteiger partial charge in [0, 0.05) is 6.54 Å². The fourth-order valence-electron chi connectivity index (χ4n) is 1.76. The lowest BCUT2D eigenvalue weighted by molar-refractivity contribution is -0.138. The fourth-order valence-corrected chi connectivity index (χ4v) is 1.76. The van der Waals surface area contributed by atoms with Crippen molar-refractivity contribution in [3.63, 3.8) is 0 Å². The SMILES string of the molecule is C#CC(NCC(C(=O)O)c1ccccc1)C(C)C. The number of hydrogen-bond acceptors (Lipinski definition) is 2. The summed E-state index contributed by atoms with van der Waals surface area (Å²) in [6.07, 6.45) is 5.41. The minimum Gasteiger partial charge on any atom is -0.481 e. The maximum atomic E-state index is 11.3. The first-order chi connectivity index (χ1) is 8.56. The van der Waals surface area contributed by atoms with Crippen molar-refractivity contribution in [1.82, 2.24) is 5.32 Å². The molecule has 0 aliphatic rings. The van der Waals surface area contributed by atoms with Crippen LogP contribution < -0.4 is 5.32 Å². The predicted octanol–water partition coefficient (Wildman–Crippen LogP) is 2.10. The summed E-state index contributed by atoms with van der Waals surface area (Å²) in [4.78, 5) is 11.3. The van der Waals surface area contributed by atoms with Crippen molar-refractivity contribution in [1.29, 1.82) is 0 Å². The smallest absolute Gasteiger partial charge is 0.312 e. The second-order valence-electron chi connectivity index (χ2n) is 4.60. The third-order valence-electron chi connectivity index (χ3n) is 2.89. The van der Waals surface area contributed by atoms with Gasteiger partial charge >= 0.3 is 5.97 Å². The van der Waals surface area contributed by atoms with Crippen LogP contribution in [0, 0.1) is 18.3 Å². The molecule has 0 saturated carbocycles. The summed E-state index contributed by atoms with van der Waals surface area (Å²) in [5, 5.41) is 12.4. The van der Waals surface area contributed by atoms with Gasteiger partial charge in [-0.2, -0.15) is 0 Å². The van der Waals surface area contributed by atoms with Gasteiger partial charge in [0.05, 0.1) is 12.0 Å². The first-order valence-electron chi connectivity index (χ1n) is 6.03. The summed E-state index contributed by atoms with van der Waals surface area (Å²) in [5.41, 5.74) is 0.789. The van der Waals surface area contributed by atoms with E-state index < -0.39 is 11.9 Å². The number of terminal acetylenes is 1. The van der Waals surface area contributed by atoms with E-state index in [0.717, 1.165) is 5.56 Å². The van der Waals surface area contributed by atoms with E-state index in [1.165, 1.54) is 0 Å². The van der Waals surface area contributed by atoms with Crippen LogP contribution in [0.1, 0.15) is 25.3 Å². The van der Waals surface area contributed by atoms with Crippen LogP contribution in [0.3, 0.4) is 0 Å². The molecule has 3 nitrogen and oxygen atoms in total. The third kappa shape index (κ3) is 3.90. The number of carboxylic acids is 1. The number of carboxylic acid groups (broad SMARTS) is 1. The molecule has 0 aliphatic carbocycles. The van der Waals surface area contributed by atoms with Gasteiger partial charge in [0.15, 0.2) is 0 Å². The molecule has 0 saturated heterocycles. The topological polar surface area (TPSA) is 49.3 Å². The van der Waals surface area contributed by atoms with Crippen molar-refractivity contribution in [3.8, 4) is 12.3 Å². The Morgan fingerprint density at radius 1 is 1.39 bits per heavy atom. The molecule has 0 bridgehead atoms. The minimum absolute atomic E-state index is 0.101. The van der Waals surface area contributed by atoms with Crippen molar-refractivity contribution in [2.45, 2.75) is 25.8 Å². The zero-order valence-corrected chi connectivity index (χ0v) is 10.8. The lowest BCUT2D eigenvalue weighted by Gasteiger charge is -2.20. The molecule has 1 aromatic carbocycles. The van der Waals surface area contributed by atoms with Crippen LogP contribution >= 0.6 is 0 Å². The van der Waals surface area contributed by atoms with Crippen LogP contribution in [-0.2, 0) is 4.79 Å². The Kier molecular flexibility index (Phi) is 5.41. The van der Waals surface area contributed by atoms with Gasteiger partial charge in [-0.3, -0.25) is 4.79 Å². The summed E-state index contributed by atoms with van der Waals surface area (Å²) in [6.45, 7) is 4.36. The maximum Gasteiger partial charge on any atom is 0.312 e. The number of hydrogen-bond donors (Lipinski definition) is 2. The van der Waals surface area contributed by atoms with Crippen LogP contribution in [0.15, 0.2) is 30.3 Å². The van der Waals surface area contributed by atoms with Gasteiger partial charge in [0.25, 0.3) is 0 Å². The van der Waals surface area contributed by atoms with Crippen LogP contribution in [0.4, 0.5) is 0 Å². The third-order valence-corrected chi connectivity index (χ3v) is 2.89. The average Bonchev–Trinajstić information content (AvgIpc) is 2.35. The molecule has 0 heterocycles. The summed E-state index contributed by atoms with van der Waals surface area (Å²) in [7, 11) is 0. The van der Waals surface area contributed by atoms with E-state index in [1.807, 2.05) is 44.2 Å². The van der Waals surface area contributed by atoms with E-state index in [-0.39, 0.29) is 12.0 Å². The number of aliphatic carboxylic acids is 1. The Morgan fingerprint density at radius 3 is 2.44 bits per heavy atom. The van der Waals surface area contributed by atoms with Crippen LogP contribution in [0.2, 0.25) is 0 Å². The highest BCUT2D eigenvalue weighted by Crippen LogP contribution is 2.15. The lowest BCUT2D eigenvalue weighted by Crippen LogP contribution is -2.37. The fraction of sp³-hybridized carbons (Fsp3) is 0.400. The van der Waals surface area contributed by atoms with Gasteiger partial charge in [0.1, 0.15) is 0 Å². The molecule has 96 valence electrons. The highest BCUT2D eigenvalue weighted by Gasteiger charge is 2.21. The molecule has 0 amide bonds. The minimum atomic E-state index is -0.840. The molecule has 0 aliphatic heterocycles. The number of rotatable bonds is 6. The highest BCUT2D eigenvalue weighted by molar-refractivity contribution is 5.76. The normalized spacial score (nSPS) is 13.9. The van der Waals surface area contributed by atoms with Crippen molar-refractivity contribution in [3.05, 3.63) is 35.9 Å². The van der Waals surface area contributed by atoms with E-state index in [1.54, 1.807) is 0 Å². The molecular weight excluding hydrogens is 226 g/mol. The van der Waals surface area contributed by atoms with Gasteiger partial charge < -0.3 is 10.4 Å². The van der Waals surface area contributed by atoms with E-state index in [9.17, 15) is 9.90 Å². The molecule has 0 spiro atoms. The Bertz CT molecular complexity index is 420. The monoisotopic (exact) mass is 245 g/mol. The van der Waals surface area contributed by atoms with Gasteiger partial charge in [-0.25, -0.2) is 0 Å². The van der Waals surface area contributed by atoms with Crippen LogP contribution in [-0.4, -0.2) is 23.7 Å². The molecule has 2 unspecified atom stereocenters. The maximum absolute atomic E-state index is 11.3. The molecule has 1 rings (SSSR count). The predicted molar refractivity (Wildman–Crippen MR) is 72.3 cm³/mol. The molecule has 18 heavy (non-hydrogen) atoms. The largest absolute Gasteiger partial charge is 0.481 e. The van der Waals surface area contributed by atoms with Gasteiger partial charge in [-0.15, -0.1) is 6.42 Å². The van der Waals surface area contributed by atoms with Crippen molar-refractivity contribution >= 4 is 5.97 Å². The summed E-state index contributed by atoms with van der Waals surface area (Å²) in [6, 6.07) is 9.09. The van der Waals surface area contributed by atoms with Gasteiger partial charge in [-0.1, -0.05) is 50.1 Å². The Labute approximate surface area is 108 Å². The molecular formula is C15H19NO2. The zero-order chi connectivity index (χ0) is 13.5. The molecule has 2 atom stereocenters. The zero-order valence-electron chi connectivity index (χ0n) is 10.8. The van der Waals surface area contributed by atoms with E-state index in [4.69, 9.17) is 6.42 Å². The summed E-state index contributed by atoms with van der Waals surface area (Å²) >= 11 is 0. The second-order valence-corrected chi connectivity index (χ2v) is 4.60. The number of carbonyl (C=O) groups is 1. The number of benzene rings is 1. The van der Waals surface area contributed by atoms with Crippen LogP contribution in [0.25, 0.3) is 0 Å².